The van der Waals surface area contributed by atoms with Crippen LogP contribution in [0, 0.1) is 13.8 Å². The zero-order chi connectivity index (χ0) is 12.7. The molecule has 1 nitrogen and oxygen atoms in total. The van der Waals surface area contributed by atoms with Crippen LogP contribution < -0.4 is 0 Å². The summed E-state index contributed by atoms with van der Waals surface area (Å²) in [6.07, 6.45) is 0. The van der Waals surface area contributed by atoms with Crippen molar-refractivity contribution in [3.8, 4) is 11.1 Å². The van der Waals surface area contributed by atoms with Crippen molar-refractivity contribution < 1.29 is 0 Å². The molecule has 0 saturated heterocycles. The van der Waals surface area contributed by atoms with Gasteiger partial charge in [0.15, 0.2) is 0 Å². The van der Waals surface area contributed by atoms with Crippen molar-refractivity contribution >= 4 is 33.2 Å². The van der Waals surface area contributed by atoms with Crippen molar-refractivity contribution in [2.75, 3.05) is 0 Å². The van der Waals surface area contributed by atoms with Gasteiger partial charge in [-0.05, 0) is 48.7 Å². The van der Waals surface area contributed by atoms with Crippen molar-refractivity contribution in [3.05, 3.63) is 52.0 Å². The molecule has 0 aliphatic carbocycles. The lowest BCUT2D eigenvalue weighted by Crippen LogP contribution is -1.85. The average Bonchev–Trinajstić information content (AvgIpc) is 2.73. The van der Waals surface area contributed by atoms with E-state index in [9.17, 15) is 0 Å². The van der Waals surface area contributed by atoms with Crippen LogP contribution in [-0.2, 0) is 0 Å². The number of benzene rings is 2. The maximum absolute atomic E-state index is 5.93. The highest BCUT2D eigenvalue weighted by atomic mass is 35.5. The molecule has 2 aromatic carbocycles. The quantitative estimate of drug-likeness (QED) is 0.591. The lowest BCUT2D eigenvalue weighted by molar-refractivity contribution is 1.32. The molecule has 90 valence electrons. The second-order valence-electron chi connectivity index (χ2n) is 4.32. The third-order valence-corrected chi connectivity index (χ3v) is 4.26. The fourth-order valence-corrected chi connectivity index (χ4v) is 3.19. The van der Waals surface area contributed by atoms with Gasteiger partial charge in [-0.3, -0.25) is 0 Å². The van der Waals surface area contributed by atoms with Gasteiger partial charge in [-0.2, -0.15) is 0 Å². The van der Waals surface area contributed by atoms with Gasteiger partial charge in [0.25, 0.3) is 0 Å². The van der Waals surface area contributed by atoms with E-state index in [1.807, 2.05) is 19.1 Å². The summed E-state index contributed by atoms with van der Waals surface area (Å²) in [5.74, 6) is 0. The highest BCUT2D eigenvalue weighted by Crippen LogP contribution is 2.32. The molecular weight excluding hydrogens is 262 g/mol. The Balaban J connectivity index is 2.23. The molecule has 18 heavy (non-hydrogen) atoms. The summed E-state index contributed by atoms with van der Waals surface area (Å²) < 4.78 is 1.25. The molecular formula is C15H12ClNS. The first-order chi connectivity index (χ1) is 8.65. The molecule has 0 aliphatic heterocycles. The fraction of sp³-hybridized carbons (Fsp3) is 0.133. The van der Waals surface area contributed by atoms with Crippen molar-refractivity contribution in [1.29, 1.82) is 0 Å². The molecule has 0 fully saturated rings. The first-order valence-corrected chi connectivity index (χ1v) is 6.97. The van der Waals surface area contributed by atoms with Crippen LogP contribution in [0.2, 0.25) is 5.02 Å². The van der Waals surface area contributed by atoms with Crippen LogP contribution in [-0.4, -0.2) is 4.98 Å². The molecule has 0 unspecified atom stereocenters. The molecule has 0 saturated carbocycles. The molecule has 0 N–H and O–H groups in total. The van der Waals surface area contributed by atoms with E-state index in [0.29, 0.717) is 0 Å². The van der Waals surface area contributed by atoms with Crippen molar-refractivity contribution in [2.24, 2.45) is 0 Å². The van der Waals surface area contributed by atoms with Gasteiger partial charge in [-0.25, -0.2) is 4.98 Å². The minimum atomic E-state index is 0.766. The zero-order valence-corrected chi connectivity index (χ0v) is 11.8. The standard InChI is InChI=1S/C15H12ClNS/c1-9-13(11-3-5-12(16)6-4-11)7-8-14-15(9)17-10(2)18-14/h3-8H,1-2H3. The van der Waals surface area contributed by atoms with Crippen LogP contribution in [0.3, 0.4) is 0 Å². The molecule has 3 rings (SSSR count). The molecule has 0 aliphatic rings. The molecule has 0 bridgehead atoms. The number of nitrogens with zero attached hydrogens (tertiary/aromatic N) is 1. The van der Waals surface area contributed by atoms with Gasteiger partial charge in [0.05, 0.1) is 15.2 Å². The predicted octanol–water partition coefficient (Wildman–Crippen LogP) is 5.23. The Labute approximate surface area is 115 Å². The summed E-state index contributed by atoms with van der Waals surface area (Å²) in [5, 5.41) is 1.88. The van der Waals surface area contributed by atoms with Gasteiger partial charge in [0.2, 0.25) is 0 Å². The number of aromatic nitrogens is 1. The Bertz CT molecular complexity index is 713. The highest BCUT2D eigenvalue weighted by molar-refractivity contribution is 7.18. The molecule has 3 heteroatoms. The summed E-state index contributed by atoms with van der Waals surface area (Å²) in [6, 6.07) is 12.3. The molecule has 1 heterocycles. The smallest absolute Gasteiger partial charge is 0.0907 e. The second kappa shape index (κ2) is 4.38. The number of thiazole rings is 1. The van der Waals surface area contributed by atoms with E-state index in [1.54, 1.807) is 11.3 Å². The lowest BCUT2D eigenvalue weighted by atomic mass is 10.00. The molecule has 0 atom stereocenters. The van der Waals surface area contributed by atoms with E-state index < -0.39 is 0 Å². The number of rotatable bonds is 1. The number of hydrogen-bond donors (Lipinski definition) is 0. The highest BCUT2D eigenvalue weighted by Gasteiger charge is 2.09. The van der Waals surface area contributed by atoms with E-state index in [1.165, 1.54) is 21.4 Å². The first-order valence-electron chi connectivity index (χ1n) is 5.78. The van der Waals surface area contributed by atoms with Crippen LogP contribution in [0.15, 0.2) is 36.4 Å². The van der Waals surface area contributed by atoms with Crippen LogP contribution in [0.25, 0.3) is 21.3 Å². The third kappa shape index (κ3) is 1.92. The molecule has 0 radical (unpaired) electrons. The Kier molecular flexibility index (Phi) is 2.84. The number of aryl methyl sites for hydroxylation is 2. The summed E-state index contributed by atoms with van der Waals surface area (Å²) in [4.78, 5) is 4.61. The number of fused-ring (bicyclic) bond motifs is 1. The van der Waals surface area contributed by atoms with Gasteiger partial charge >= 0.3 is 0 Å². The summed E-state index contributed by atoms with van der Waals surface area (Å²) in [7, 11) is 0. The van der Waals surface area contributed by atoms with E-state index in [-0.39, 0.29) is 0 Å². The van der Waals surface area contributed by atoms with Gasteiger partial charge < -0.3 is 0 Å². The van der Waals surface area contributed by atoms with E-state index in [2.05, 4.69) is 36.2 Å². The number of hydrogen-bond acceptors (Lipinski definition) is 2. The minimum absolute atomic E-state index is 0.766. The van der Waals surface area contributed by atoms with Crippen LogP contribution in [0.4, 0.5) is 0 Å². The van der Waals surface area contributed by atoms with Gasteiger partial charge in [0.1, 0.15) is 0 Å². The summed E-state index contributed by atoms with van der Waals surface area (Å²) >= 11 is 7.67. The zero-order valence-electron chi connectivity index (χ0n) is 10.2. The Morgan fingerprint density at radius 1 is 1.00 bits per heavy atom. The van der Waals surface area contributed by atoms with Crippen molar-refractivity contribution in [1.82, 2.24) is 4.98 Å². The lowest BCUT2D eigenvalue weighted by Gasteiger charge is -2.06. The summed E-state index contributed by atoms with van der Waals surface area (Å²) in [6.45, 7) is 4.18. The average molecular weight is 274 g/mol. The van der Waals surface area contributed by atoms with Crippen LogP contribution in [0.5, 0.6) is 0 Å². The second-order valence-corrected chi connectivity index (χ2v) is 6.00. The van der Waals surface area contributed by atoms with Gasteiger partial charge in [-0.1, -0.05) is 29.8 Å². The van der Waals surface area contributed by atoms with E-state index >= 15 is 0 Å². The van der Waals surface area contributed by atoms with Crippen LogP contribution in [0.1, 0.15) is 10.6 Å². The van der Waals surface area contributed by atoms with Crippen molar-refractivity contribution in [2.45, 2.75) is 13.8 Å². The predicted molar refractivity (Wildman–Crippen MR) is 79.5 cm³/mol. The fourth-order valence-electron chi connectivity index (χ4n) is 2.18. The molecule has 0 spiro atoms. The maximum Gasteiger partial charge on any atom is 0.0907 e. The molecule has 1 aromatic heterocycles. The largest absolute Gasteiger partial charge is 0.241 e. The Morgan fingerprint density at radius 2 is 1.72 bits per heavy atom. The van der Waals surface area contributed by atoms with E-state index in [0.717, 1.165) is 15.5 Å². The van der Waals surface area contributed by atoms with Crippen LogP contribution >= 0.6 is 22.9 Å². The monoisotopic (exact) mass is 273 g/mol. The Morgan fingerprint density at radius 3 is 2.44 bits per heavy atom. The summed E-state index contributed by atoms with van der Waals surface area (Å²) in [5.41, 5.74) is 4.76. The maximum atomic E-state index is 5.93. The molecule has 3 aromatic rings. The Hall–Kier alpha value is -1.38. The topological polar surface area (TPSA) is 12.9 Å². The SMILES string of the molecule is Cc1nc2c(C)c(-c3ccc(Cl)cc3)ccc2s1. The minimum Gasteiger partial charge on any atom is -0.241 e. The van der Waals surface area contributed by atoms with Crippen molar-refractivity contribution in [3.63, 3.8) is 0 Å². The van der Waals surface area contributed by atoms with Gasteiger partial charge in [0, 0.05) is 5.02 Å². The third-order valence-electron chi connectivity index (χ3n) is 3.08. The first kappa shape index (κ1) is 11.7. The van der Waals surface area contributed by atoms with Gasteiger partial charge in [-0.15, -0.1) is 11.3 Å². The normalized spacial score (nSPS) is 11.1. The number of halogens is 1. The molecule has 0 amide bonds. The van der Waals surface area contributed by atoms with E-state index in [4.69, 9.17) is 11.6 Å².